The lowest BCUT2D eigenvalue weighted by atomic mass is 10.4. The van der Waals surface area contributed by atoms with Gasteiger partial charge in [0, 0.05) is 19.4 Å². The van der Waals surface area contributed by atoms with E-state index in [2.05, 4.69) is 15.0 Å². The molecule has 0 aromatic carbocycles. The Labute approximate surface area is 91.7 Å². The molecular weight excluding hydrogens is 204 g/mol. The zero-order valence-electron chi connectivity index (χ0n) is 8.70. The van der Waals surface area contributed by atoms with Crippen LogP contribution in [-0.4, -0.2) is 24.1 Å². The summed E-state index contributed by atoms with van der Waals surface area (Å²) < 4.78 is 3.75. The Morgan fingerprint density at radius 3 is 2.94 bits per heavy atom. The van der Waals surface area contributed by atoms with Crippen LogP contribution in [0.25, 0.3) is 17.3 Å². The third-order valence-corrected chi connectivity index (χ3v) is 2.49. The van der Waals surface area contributed by atoms with Crippen molar-refractivity contribution in [2.24, 2.45) is 7.05 Å². The number of nitrogens with two attached hydrogens (primary N) is 1. The van der Waals surface area contributed by atoms with Crippen LogP contribution < -0.4 is 5.73 Å². The summed E-state index contributed by atoms with van der Waals surface area (Å²) in [5.74, 6) is 1.91. The number of aromatic nitrogens is 5. The first-order chi connectivity index (χ1) is 7.75. The molecule has 2 aliphatic heterocycles. The maximum atomic E-state index is 5.88. The van der Waals surface area contributed by atoms with Crippen LogP contribution >= 0.6 is 0 Å². The maximum Gasteiger partial charge on any atom is 0.208 e. The molecule has 0 radical (unpaired) electrons. The Hall–Kier alpha value is -2.37. The van der Waals surface area contributed by atoms with Crippen LogP contribution in [0.3, 0.4) is 0 Å². The zero-order chi connectivity index (χ0) is 11.1. The summed E-state index contributed by atoms with van der Waals surface area (Å²) in [7, 11) is 1.95. The number of hydrogen-bond acceptors (Lipinski definition) is 4. The summed E-state index contributed by atoms with van der Waals surface area (Å²) in [6.45, 7) is 0. The Kier molecular flexibility index (Phi) is 1.70. The van der Waals surface area contributed by atoms with Crippen LogP contribution in [0.5, 0.6) is 0 Å². The molecule has 1 aromatic rings. The van der Waals surface area contributed by atoms with Crippen molar-refractivity contribution in [1.82, 2.24) is 24.1 Å². The molecule has 0 saturated carbocycles. The summed E-state index contributed by atoms with van der Waals surface area (Å²) in [4.78, 5) is 12.3. The number of nitrogen functional groups attached to an aromatic ring is 1. The van der Waals surface area contributed by atoms with Crippen molar-refractivity contribution in [3.63, 3.8) is 0 Å². The lowest BCUT2D eigenvalue weighted by molar-refractivity contribution is 0.832. The highest BCUT2D eigenvalue weighted by molar-refractivity contribution is 5.53. The number of anilines is 1. The second kappa shape index (κ2) is 3.06. The molecule has 3 rings (SSSR count). The number of imidazole rings is 1. The van der Waals surface area contributed by atoms with Gasteiger partial charge in [0.15, 0.2) is 5.82 Å². The number of nitrogens with zero attached hydrogens (tertiary/aromatic N) is 5. The zero-order valence-corrected chi connectivity index (χ0v) is 8.70. The van der Waals surface area contributed by atoms with E-state index in [0.717, 1.165) is 11.5 Å². The molecule has 0 fully saturated rings. The van der Waals surface area contributed by atoms with Crippen LogP contribution in [0.15, 0.2) is 30.9 Å². The normalized spacial score (nSPS) is 11.1. The van der Waals surface area contributed by atoms with Crippen LogP contribution in [0.1, 0.15) is 0 Å². The molecular formula is C10H10N6. The van der Waals surface area contributed by atoms with E-state index in [1.54, 1.807) is 4.57 Å². The van der Waals surface area contributed by atoms with Crippen molar-refractivity contribution >= 4 is 5.95 Å². The molecule has 0 atom stereocenters. The quantitative estimate of drug-likeness (QED) is 0.646. The van der Waals surface area contributed by atoms with Crippen molar-refractivity contribution < 1.29 is 0 Å². The second-order valence-corrected chi connectivity index (χ2v) is 3.53. The minimum absolute atomic E-state index is 0.398. The predicted molar refractivity (Wildman–Crippen MR) is 59.2 cm³/mol. The standard InChI is InChI=1S/C10H10N6/c1-15-4-2-3-8(15)16-5-7-9(13-6-12-7)14-10(16)11/h2-6H,1H3,(H2,11,12,13,14). The highest BCUT2D eigenvalue weighted by Crippen LogP contribution is 2.19. The summed E-state index contributed by atoms with van der Waals surface area (Å²) in [5, 5.41) is 0. The van der Waals surface area contributed by atoms with E-state index in [0.29, 0.717) is 11.8 Å². The van der Waals surface area contributed by atoms with E-state index in [4.69, 9.17) is 5.73 Å². The minimum Gasteiger partial charge on any atom is -0.369 e. The first-order valence-electron chi connectivity index (χ1n) is 4.83. The first kappa shape index (κ1) is 8.90. The molecule has 2 aliphatic rings. The topological polar surface area (TPSA) is 74.5 Å². The summed E-state index contributed by atoms with van der Waals surface area (Å²) in [6.07, 6.45) is 5.26. The molecule has 0 saturated heterocycles. The smallest absolute Gasteiger partial charge is 0.208 e. The van der Waals surface area contributed by atoms with Gasteiger partial charge in [0.2, 0.25) is 5.95 Å². The Morgan fingerprint density at radius 2 is 2.19 bits per heavy atom. The van der Waals surface area contributed by atoms with Crippen molar-refractivity contribution in [2.75, 3.05) is 5.73 Å². The molecule has 0 unspecified atom stereocenters. The van der Waals surface area contributed by atoms with Gasteiger partial charge >= 0.3 is 0 Å². The van der Waals surface area contributed by atoms with Crippen LogP contribution in [0.4, 0.5) is 5.95 Å². The molecule has 0 bridgehead atoms. The van der Waals surface area contributed by atoms with E-state index in [1.807, 2.05) is 36.1 Å². The fraction of sp³-hybridized carbons (Fsp3) is 0.100. The molecule has 2 N–H and O–H groups in total. The molecule has 1 aromatic heterocycles. The molecule has 6 nitrogen and oxygen atoms in total. The first-order valence-corrected chi connectivity index (χ1v) is 4.83. The van der Waals surface area contributed by atoms with Gasteiger partial charge in [-0.25, -0.2) is 9.97 Å². The van der Waals surface area contributed by atoms with Crippen molar-refractivity contribution in [3.05, 3.63) is 30.9 Å². The van der Waals surface area contributed by atoms with Crippen molar-refractivity contribution in [1.29, 1.82) is 0 Å². The summed E-state index contributed by atoms with van der Waals surface area (Å²) in [6, 6.07) is 3.91. The predicted octanol–water partition coefficient (Wildman–Crippen LogP) is 0.688. The fourth-order valence-corrected chi connectivity index (χ4v) is 1.68. The molecule has 0 spiro atoms. The van der Waals surface area contributed by atoms with Crippen LogP contribution in [-0.2, 0) is 7.05 Å². The highest BCUT2D eigenvalue weighted by Gasteiger charge is 2.12. The Bertz CT molecular complexity index is 608. The Balaban J connectivity index is 2.28. The monoisotopic (exact) mass is 214 g/mol. The second-order valence-electron chi connectivity index (χ2n) is 3.53. The molecule has 0 aliphatic carbocycles. The van der Waals surface area contributed by atoms with E-state index in [-0.39, 0.29) is 0 Å². The van der Waals surface area contributed by atoms with Gasteiger partial charge in [-0.15, -0.1) is 0 Å². The average Bonchev–Trinajstić information content (AvgIpc) is 2.85. The SMILES string of the molecule is Cn1cccc1-n1cc2ncnc-2nc1N. The lowest BCUT2D eigenvalue weighted by Gasteiger charge is -2.11. The molecule has 6 heteroatoms. The van der Waals surface area contributed by atoms with Gasteiger partial charge < -0.3 is 10.3 Å². The van der Waals surface area contributed by atoms with Crippen LogP contribution in [0.2, 0.25) is 0 Å². The van der Waals surface area contributed by atoms with Gasteiger partial charge in [0.25, 0.3) is 0 Å². The third kappa shape index (κ3) is 1.16. The summed E-state index contributed by atoms with van der Waals surface area (Å²) in [5.41, 5.74) is 6.61. The minimum atomic E-state index is 0.398. The number of hydrogen-bond donors (Lipinski definition) is 1. The molecule has 80 valence electrons. The molecule has 3 heterocycles. The number of aryl methyl sites for hydroxylation is 1. The van der Waals surface area contributed by atoms with Crippen molar-refractivity contribution in [3.8, 4) is 17.3 Å². The van der Waals surface area contributed by atoms with Gasteiger partial charge in [-0.3, -0.25) is 4.57 Å². The van der Waals surface area contributed by atoms with E-state index >= 15 is 0 Å². The third-order valence-electron chi connectivity index (χ3n) is 2.49. The van der Waals surface area contributed by atoms with E-state index in [1.165, 1.54) is 6.33 Å². The largest absolute Gasteiger partial charge is 0.369 e. The average molecular weight is 214 g/mol. The summed E-state index contributed by atoms with van der Waals surface area (Å²) >= 11 is 0. The van der Waals surface area contributed by atoms with E-state index < -0.39 is 0 Å². The number of fused-ring (bicyclic) bond motifs is 1. The molecule has 16 heavy (non-hydrogen) atoms. The van der Waals surface area contributed by atoms with E-state index in [9.17, 15) is 0 Å². The lowest BCUT2D eigenvalue weighted by Crippen LogP contribution is -2.10. The van der Waals surface area contributed by atoms with Crippen molar-refractivity contribution in [2.45, 2.75) is 0 Å². The van der Waals surface area contributed by atoms with Gasteiger partial charge in [0.05, 0.1) is 0 Å². The van der Waals surface area contributed by atoms with Crippen LogP contribution in [0, 0.1) is 0 Å². The molecule has 0 amide bonds. The maximum absolute atomic E-state index is 5.88. The highest BCUT2D eigenvalue weighted by atomic mass is 15.2. The van der Waals surface area contributed by atoms with Gasteiger partial charge in [-0.2, -0.15) is 4.98 Å². The Morgan fingerprint density at radius 1 is 1.31 bits per heavy atom. The van der Waals surface area contributed by atoms with Gasteiger partial charge in [0.1, 0.15) is 17.8 Å². The number of rotatable bonds is 1. The fourth-order valence-electron chi connectivity index (χ4n) is 1.68. The van der Waals surface area contributed by atoms with Gasteiger partial charge in [-0.05, 0) is 12.1 Å². The van der Waals surface area contributed by atoms with Gasteiger partial charge in [-0.1, -0.05) is 0 Å².